The number of hydrogen-bond donors (Lipinski definition) is 3. The molecule has 2 unspecified atom stereocenters. The Kier molecular flexibility index (Phi) is 56.0. The molecule has 68 heavy (non-hydrogen) atoms. The van der Waals surface area contributed by atoms with Gasteiger partial charge in [-0.15, -0.1) is 0 Å². The normalized spacial score (nSPS) is 12.8. The van der Waals surface area contributed by atoms with Gasteiger partial charge in [-0.3, -0.25) is 9.59 Å². The molecule has 0 radical (unpaired) electrons. The zero-order chi connectivity index (χ0) is 49.3. The molecular weight excluding hydrogens is 839 g/mol. The summed E-state index contributed by atoms with van der Waals surface area (Å²) < 4.78 is 5.49. The van der Waals surface area contributed by atoms with E-state index in [1.807, 2.05) is 6.08 Å². The van der Waals surface area contributed by atoms with Gasteiger partial charge in [-0.05, 0) is 83.5 Å². The van der Waals surface area contributed by atoms with Crippen molar-refractivity contribution >= 4 is 11.9 Å². The fourth-order valence-corrected chi connectivity index (χ4v) is 9.21. The molecule has 0 aliphatic carbocycles. The van der Waals surface area contributed by atoms with E-state index in [0.29, 0.717) is 19.4 Å². The standard InChI is InChI=1S/C62H117NO5/c1-3-5-7-9-11-13-15-16-17-18-27-30-33-36-40-44-48-52-56-62(67)68-57-53-49-45-41-37-34-31-28-25-23-21-19-20-22-24-26-29-32-35-39-43-47-51-55-61(66)63-59(58-64)60(65)54-50-46-42-38-14-12-10-8-6-4-2/h17-18,22,24,50,54,59-60,64-65H,3-16,19-21,23,25-49,51-53,55-58H2,1-2H3,(H,63,66)/b18-17-,24-22-,54-50+. The largest absolute Gasteiger partial charge is 0.466 e. The molecule has 0 fully saturated rings. The molecule has 400 valence electrons. The van der Waals surface area contributed by atoms with Gasteiger partial charge in [0.05, 0.1) is 25.4 Å². The molecule has 0 bridgehead atoms. The van der Waals surface area contributed by atoms with Gasteiger partial charge < -0.3 is 20.3 Å². The summed E-state index contributed by atoms with van der Waals surface area (Å²) >= 11 is 0. The summed E-state index contributed by atoms with van der Waals surface area (Å²) in [6.07, 6.45) is 71.9. The second-order valence-electron chi connectivity index (χ2n) is 20.7. The first kappa shape index (κ1) is 66.1. The van der Waals surface area contributed by atoms with Crippen LogP contribution in [0, 0.1) is 0 Å². The third kappa shape index (κ3) is 53.4. The molecule has 0 aliphatic heterocycles. The van der Waals surface area contributed by atoms with Crippen LogP contribution in [-0.2, 0) is 14.3 Å². The molecule has 1 amide bonds. The first-order valence-corrected chi connectivity index (χ1v) is 30.3. The lowest BCUT2D eigenvalue weighted by Crippen LogP contribution is -2.45. The Morgan fingerprint density at radius 1 is 0.397 bits per heavy atom. The fraction of sp³-hybridized carbons (Fsp3) is 0.871. The number of aliphatic hydroxyl groups excluding tert-OH is 2. The molecular formula is C62H117NO5. The highest BCUT2D eigenvalue weighted by atomic mass is 16.5. The van der Waals surface area contributed by atoms with E-state index in [0.717, 1.165) is 51.4 Å². The molecule has 0 rings (SSSR count). The number of aliphatic hydroxyl groups is 2. The van der Waals surface area contributed by atoms with Crippen LogP contribution in [0.15, 0.2) is 36.5 Å². The van der Waals surface area contributed by atoms with E-state index < -0.39 is 12.1 Å². The van der Waals surface area contributed by atoms with Crippen LogP contribution < -0.4 is 5.32 Å². The Balaban J connectivity index is 3.39. The minimum absolute atomic E-state index is 0.00783. The summed E-state index contributed by atoms with van der Waals surface area (Å²) in [4.78, 5) is 24.5. The topological polar surface area (TPSA) is 95.9 Å². The number of amides is 1. The third-order valence-corrected chi connectivity index (χ3v) is 13.9. The number of esters is 1. The number of allylic oxidation sites excluding steroid dienone is 5. The summed E-state index contributed by atoms with van der Waals surface area (Å²) in [5.41, 5.74) is 0. The van der Waals surface area contributed by atoms with Crippen LogP contribution in [0.25, 0.3) is 0 Å². The van der Waals surface area contributed by atoms with Crippen molar-refractivity contribution in [1.29, 1.82) is 0 Å². The van der Waals surface area contributed by atoms with Crippen molar-refractivity contribution in [2.24, 2.45) is 0 Å². The predicted octanol–water partition coefficient (Wildman–Crippen LogP) is 18.8. The molecule has 2 atom stereocenters. The average molecular weight is 957 g/mol. The van der Waals surface area contributed by atoms with E-state index in [-0.39, 0.29) is 18.5 Å². The molecule has 0 aliphatic rings. The number of nitrogens with one attached hydrogen (secondary N) is 1. The first-order valence-electron chi connectivity index (χ1n) is 30.3. The van der Waals surface area contributed by atoms with Gasteiger partial charge in [0.15, 0.2) is 0 Å². The van der Waals surface area contributed by atoms with Gasteiger partial charge in [0.2, 0.25) is 5.91 Å². The van der Waals surface area contributed by atoms with E-state index >= 15 is 0 Å². The number of rotatable bonds is 56. The fourth-order valence-electron chi connectivity index (χ4n) is 9.21. The lowest BCUT2D eigenvalue weighted by Gasteiger charge is -2.20. The molecule has 6 nitrogen and oxygen atoms in total. The van der Waals surface area contributed by atoms with Gasteiger partial charge in [0.1, 0.15) is 0 Å². The van der Waals surface area contributed by atoms with Crippen molar-refractivity contribution in [3.8, 4) is 0 Å². The van der Waals surface area contributed by atoms with Crippen LogP contribution in [-0.4, -0.2) is 47.4 Å². The average Bonchev–Trinajstić information content (AvgIpc) is 3.34. The number of ether oxygens (including phenoxy) is 1. The molecule has 0 saturated carbocycles. The summed E-state index contributed by atoms with van der Waals surface area (Å²) in [5.74, 6) is -0.0683. The van der Waals surface area contributed by atoms with Crippen molar-refractivity contribution in [3.63, 3.8) is 0 Å². The molecule has 0 aromatic heterocycles. The van der Waals surface area contributed by atoms with Crippen LogP contribution in [0.2, 0.25) is 0 Å². The van der Waals surface area contributed by atoms with E-state index in [4.69, 9.17) is 4.74 Å². The van der Waals surface area contributed by atoms with Gasteiger partial charge in [-0.2, -0.15) is 0 Å². The number of unbranched alkanes of at least 4 members (excludes halogenated alkanes) is 41. The Labute approximate surface area is 424 Å². The summed E-state index contributed by atoms with van der Waals surface area (Å²) in [6, 6.07) is -0.631. The van der Waals surface area contributed by atoms with E-state index in [2.05, 4.69) is 43.5 Å². The molecule has 0 spiro atoms. The zero-order valence-corrected chi connectivity index (χ0v) is 45.6. The third-order valence-electron chi connectivity index (χ3n) is 13.9. The van der Waals surface area contributed by atoms with Crippen molar-refractivity contribution in [3.05, 3.63) is 36.5 Å². The van der Waals surface area contributed by atoms with Crippen LogP contribution in [0.3, 0.4) is 0 Å². The van der Waals surface area contributed by atoms with Gasteiger partial charge in [0, 0.05) is 12.8 Å². The van der Waals surface area contributed by atoms with Gasteiger partial charge in [-0.1, -0.05) is 262 Å². The van der Waals surface area contributed by atoms with E-state index in [9.17, 15) is 19.8 Å². The lowest BCUT2D eigenvalue weighted by atomic mass is 10.0. The number of hydrogen-bond acceptors (Lipinski definition) is 5. The first-order chi connectivity index (χ1) is 33.5. The number of carbonyl (C=O) groups excluding carboxylic acids is 2. The van der Waals surface area contributed by atoms with Crippen LogP contribution in [0.1, 0.15) is 322 Å². The van der Waals surface area contributed by atoms with Gasteiger partial charge >= 0.3 is 5.97 Å². The van der Waals surface area contributed by atoms with Crippen molar-refractivity contribution in [2.45, 2.75) is 334 Å². The summed E-state index contributed by atoms with van der Waals surface area (Å²) in [5, 5.41) is 23.0. The minimum atomic E-state index is -0.846. The molecule has 6 heteroatoms. The Hall–Kier alpha value is -1.92. The second-order valence-corrected chi connectivity index (χ2v) is 20.7. The maximum Gasteiger partial charge on any atom is 0.305 e. The Morgan fingerprint density at radius 2 is 0.691 bits per heavy atom. The van der Waals surface area contributed by atoms with Crippen molar-refractivity contribution in [2.75, 3.05) is 13.2 Å². The highest BCUT2D eigenvalue weighted by Gasteiger charge is 2.18. The maximum atomic E-state index is 12.4. The molecule has 0 aromatic rings. The second kappa shape index (κ2) is 57.7. The molecule has 0 aromatic carbocycles. The smallest absolute Gasteiger partial charge is 0.305 e. The van der Waals surface area contributed by atoms with Gasteiger partial charge in [-0.25, -0.2) is 0 Å². The SMILES string of the molecule is CCCCCCCCC/C=C\CCCCCCCCCC(=O)OCCCCCCCCCCCCCC/C=C\CCCCCCCCCC(=O)NC(CO)C(O)/C=C/CCCCCCCCCC. The maximum absolute atomic E-state index is 12.4. The summed E-state index contributed by atoms with van der Waals surface area (Å²) in [6.45, 7) is 4.88. The molecule has 0 heterocycles. The van der Waals surface area contributed by atoms with E-state index in [1.165, 1.54) is 244 Å². The van der Waals surface area contributed by atoms with E-state index in [1.54, 1.807) is 6.08 Å². The van der Waals surface area contributed by atoms with Crippen molar-refractivity contribution in [1.82, 2.24) is 5.32 Å². The van der Waals surface area contributed by atoms with Crippen LogP contribution in [0.5, 0.6) is 0 Å². The Bertz CT molecular complexity index is 1100. The highest BCUT2D eigenvalue weighted by molar-refractivity contribution is 5.76. The van der Waals surface area contributed by atoms with Crippen LogP contribution in [0.4, 0.5) is 0 Å². The minimum Gasteiger partial charge on any atom is -0.466 e. The Morgan fingerprint density at radius 3 is 1.04 bits per heavy atom. The lowest BCUT2D eigenvalue weighted by molar-refractivity contribution is -0.143. The number of carbonyl (C=O) groups is 2. The summed E-state index contributed by atoms with van der Waals surface area (Å²) in [7, 11) is 0. The van der Waals surface area contributed by atoms with Crippen LogP contribution >= 0.6 is 0 Å². The monoisotopic (exact) mass is 956 g/mol. The quantitative estimate of drug-likeness (QED) is 0.0321. The highest BCUT2D eigenvalue weighted by Crippen LogP contribution is 2.16. The molecule has 3 N–H and O–H groups in total. The van der Waals surface area contributed by atoms with Crippen molar-refractivity contribution < 1.29 is 24.5 Å². The predicted molar refractivity (Wildman–Crippen MR) is 296 cm³/mol. The van der Waals surface area contributed by atoms with Gasteiger partial charge in [0.25, 0.3) is 0 Å². The molecule has 0 saturated heterocycles. The zero-order valence-electron chi connectivity index (χ0n) is 45.6.